The van der Waals surface area contributed by atoms with Crippen LogP contribution in [0.15, 0.2) is 45.3 Å². The smallest absolute Gasteiger partial charge is 0.123 e. The van der Waals surface area contributed by atoms with Crippen LogP contribution in [0.1, 0.15) is 17.2 Å². The van der Waals surface area contributed by atoms with Gasteiger partial charge < -0.3 is 0 Å². The number of hydrogen-bond donors (Lipinski definition) is 2. The molecule has 1 unspecified atom stereocenters. The summed E-state index contributed by atoms with van der Waals surface area (Å²) in [5.41, 5.74) is 4.52. The van der Waals surface area contributed by atoms with E-state index < -0.39 is 0 Å². The van der Waals surface area contributed by atoms with Crippen LogP contribution in [-0.2, 0) is 6.42 Å². The maximum absolute atomic E-state index is 13.3. The Labute approximate surface area is 138 Å². The van der Waals surface area contributed by atoms with Crippen LogP contribution >= 0.6 is 43.5 Å². The van der Waals surface area contributed by atoms with Crippen molar-refractivity contribution in [1.82, 2.24) is 5.43 Å². The molecule has 0 aliphatic rings. The standard InChI is InChI=1S/C14H12Br2ClFN2/c15-11-4-2-10(18)5-9(11)7-14(20-19)8-1-3-12(16)13(17)6-8/h1-6,14,20H,7,19H2. The largest absolute Gasteiger partial charge is 0.271 e. The van der Waals surface area contributed by atoms with Crippen LogP contribution in [0, 0.1) is 5.82 Å². The molecular formula is C14H12Br2ClFN2. The zero-order valence-corrected chi connectivity index (χ0v) is 14.3. The van der Waals surface area contributed by atoms with Gasteiger partial charge in [-0.1, -0.05) is 33.6 Å². The van der Waals surface area contributed by atoms with Gasteiger partial charge >= 0.3 is 0 Å². The Kier molecular flexibility index (Phi) is 5.57. The Morgan fingerprint density at radius 2 is 1.85 bits per heavy atom. The van der Waals surface area contributed by atoms with Gasteiger partial charge in [-0.25, -0.2) is 4.39 Å². The highest BCUT2D eigenvalue weighted by Gasteiger charge is 2.14. The fraction of sp³-hybridized carbons (Fsp3) is 0.143. The van der Waals surface area contributed by atoms with Crippen molar-refractivity contribution < 1.29 is 4.39 Å². The van der Waals surface area contributed by atoms with E-state index in [-0.39, 0.29) is 11.9 Å². The van der Waals surface area contributed by atoms with E-state index in [4.69, 9.17) is 17.4 Å². The molecule has 0 amide bonds. The van der Waals surface area contributed by atoms with Crippen LogP contribution in [0.25, 0.3) is 0 Å². The van der Waals surface area contributed by atoms with Crippen molar-refractivity contribution in [2.45, 2.75) is 12.5 Å². The first-order valence-corrected chi connectivity index (χ1v) is 7.82. The van der Waals surface area contributed by atoms with Crippen molar-refractivity contribution in [3.63, 3.8) is 0 Å². The van der Waals surface area contributed by atoms with Gasteiger partial charge in [0.15, 0.2) is 0 Å². The molecule has 0 aliphatic heterocycles. The molecule has 2 rings (SSSR count). The summed E-state index contributed by atoms with van der Waals surface area (Å²) in [7, 11) is 0. The van der Waals surface area contributed by atoms with Crippen LogP contribution in [0.5, 0.6) is 0 Å². The van der Waals surface area contributed by atoms with E-state index in [1.165, 1.54) is 12.1 Å². The molecule has 0 heterocycles. The average molecular weight is 423 g/mol. The summed E-state index contributed by atoms with van der Waals surface area (Å²) in [5, 5.41) is 0.612. The minimum absolute atomic E-state index is 0.154. The number of nitrogens with two attached hydrogens (primary N) is 1. The molecule has 0 saturated carbocycles. The Balaban J connectivity index is 2.28. The van der Waals surface area contributed by atoms with Gasteiger partial charge in [-0.2, -0.15) is 0 Å². The molecule has 2 aromatic carbocycles. The van der Waals surface area contributed by atoms with Gasteiger partial charge in [-0.05, 0) is 63.8 Å². The van der Waals surface area contributed by atoms with Crippen LogP contribution in [0.2, 0.25) is 5.02 Å². The van der Waals surface area contributed by atoms with Crippen molar-refractivity contribution in [2.75, 3.05) is 0 Å². The molecule has 20 heavy (non-hydrogen) atoms. The molecule has 0 radical (unpaired) electrons. The van der Waals surface area contributed by atoms with Gasteiger partial charge in [-0.3, -0.25) is 11.3 Å². The molecule has 0 saturated heterocycles. The monoisotopic (exact) mass is 420 g/mol. The maximum atomic E-state index is 13.3. The summed E-state index contributed by atoms with van der Waals surface area (Å²) in [6.45, 7) is 0. The molecule has 6 heteroatoms. The molecule has 1 atom stereocenters. The Morgan fingerprint density at radius 3 is 2.50 bits per heavy atom. The van der Waals surface area contributed by atoms with E-state index in [2.05, 4.69) is 37.3 Å². The Hall–Kier alpha value is -0.460. The molecule has 0 bridgehead atoms. The van der Waals surface area contributed by atoms with Crippen LogP contribution in [0.3, 0.4) is 0 Å². The molecule has 0 aliphatic carbocycles. The molecule has 0 aromatic heterocycles. The van der Waals surface area contributed by atoms with Gasteiger partial charge in [-0.15, -0.1) is 0 Å². The lowest BCUT2D eigenvalue weighted by Gasteiger charge is -2.18. The lowest BCUT2D eigenvalue weighted by molar-refractivity contribution is 0.547. The quantitative estimate of drug-likeness (QED) is 0.551. The summed E-state index contributed by atoms with van der Waals surface area (Å²) in [5.74, 6) is 5.34. The second-order valence-electron chi connectivity index (χ2n) is 4.33. The lowest BCUT2D eigenvalue weighted by Crippen LogP contribution is -2.29. The van der Waals surface area contributed by atoms with Crippen LogP contribution in [-0.4, -0.2) is 0 Å². The number of halogens is 4. The highest BCUT2D eigenvalue weighted by atomic mass is 79.9. The Morgan fingerprint density at radius 1 is 1.15 bits per heavy atom. The summed E-state index contributed by atoms with van der Waals surface area (Å²) in [6, 6.07) is 10.1. The molecule has 2 aromatic rings. The summed E-state index contributed by atoms with van der Waals surface area (Å²) < 4.78 is 15.0. The predicted octanol–water partition coefficient (Wildman–Crippen LogP) is 4.75. The maximum Gasteiger partial charge on any atom is 0.123 e. The number of benzene rings is 2. The van der Waals surface area contributed by atoms with Gasteiger partial charge in [0.05, 0.1) is 11.1 Å². The first-order valence-electron chi connectivity index (χ1n) is 5.86. The molecule has 106 valence electrons. The summed E-state index contributed by atoms with van der Waals surface area (Å²) >= 11 is 12.9. The van der Waals surface area contributed by atoms with Gasteiger partial charge in [0.25, 0.3) is 0 Å². The lowest BCUT2D eigenvalue weighted by atomic mass is 9.99. The van der Waals surface area contributed by atoms with Crippen LogP contribution in [0.4, 0.5) is 4.39 Å². The first-order chi connectivity index (χ1) is 9.51. The molecule has 0 spiro atoms. The molecule has 0 fully saturated rings. The van der Waals surface area contributed by atoms with Crippen molar-refractivity contribution in [1.29, 1.82) is 0 Å². The predicted molar refractivity (Wildman–Crippen MR) is 87.0 cm³/mol. The van der Waals surface area contributed by atoms with Crippen LogP contribution < -0.4 is 11.3 Å². The number of hydrazine groups is 1. The number of nitrogens with one attached hydrogen (secondary N) is 1. The first kappa shape index (κ1) is 15.9. The highest BCUT2D eigenvalue weighted by Crippen LogP contribution is 2.29. The number of rotatable bonds is 4. The second kappa shape index (κ2) is 7.00. The van der Waals surface area contributed by atoms with E-state index >= 15 is 0 Å². The normalized spacial score (nSPS) is 12.4. The van der Waals surface area contributed by atoms with Crippen molar-refractivity contribution in [2.24, 2.45) is 5.84 Å². The molecule has 3 N–H and O–H groups in total. The van der Waals surface area contributed by atoms with E-state index in [0.717, 1.165) is 20.1 Å². The third-order valence-corrected chi connectivity index (χ3v) is 4.99. The van der Waals surface area contributed by atoms with E-state index in [0.29, 0.717) is 11.4 Å². The third-order valence-electron chi connectivity index (χ3n) is 2.98. The van der Waals surface area contributed by atoms with Gasteiger partial charge in [0, 0.05) is 8.95 Å². The summed E-state index contributed by atoms with van der Waals surface area (Å²) in [4.78, 5) is 0. The highest BCUT2D eigenvalue weighted by molar-refractivity contribution is 9.10. The average Bonchev–Trinajstić information content (AvgIpc) is 2.43. The van der Waals surface area contributed by atoms with Crippen molar-refractivity contribution in [3.05, 3.63) is 67.3 Å². The minimum atomic E-state index is -0.271. The Bertz CT molecular complexity index is 622. The van der Waals surface area contributed by atoms with E-state index in [1.54, 1.807) is 6.07 Å². The fourth-order valence-electron chi connectivity index (χ4n) is 1.92. The van der Waals surface area contributed by atoms with Crippen molar-refractivity contribution in [3.8, 4) is 0 Å². The topological polar surface area (TPSA) is 38.0 Å². The fourth-order valence-corrected chi connectivity index (χ4v) is 2.77. The third kappa shape index (κ3) is 3.80. The minimum Gasteiger partial charge on any atom is -0.271 e. The van der Waals surface area contributed by atoms with E-state index in [1.807, 2.05) is 18.2 Å². The SMILES string of the molecule is NNC(Cc1cc(F)ccc1Br)c1ccc(Br)c(Cl)c1. The number of hydrogen-bond acceptors (Lipinski definition) is 2. The molecular weight excluding hydrogens is 410 g/mol. The second-order valence-corrected chi connectivity index (χ2v) is 6.45. The molecule has 2 nitrogen and oxygen atoms in total. The zero-order valence-electron chi connectivity index (χ0n) is 10.3. The van der Waals surface area contributed by atoms with Gasteiger partial charge in [0.1, 0.15) is 5.82 Å². The van der Waals surface area contributed by atoms with E-state index in [9.17, 15) is 4.39 Å². The van der Waals surface area contributed by atoms with Gasteiger partial charge in [0.2, 0.25) is 0 Å². The summed E-state index contributed by atoms with van der Waals surface area (Å²) in [6.07, 6.45) is 0.548. The zero-order chi connectivity index (χ0) is 14.7. The van der Waals surface area contributed by atoms with Crippen molar-refractivity contribution >= 4 is 43.5 Å².